The Morgan fingerprint density at radius 3 is 2.90 bits per heavy atom. The van der Waals surface area contributed by atoms with Gasteiger partial charge >= 0.3 is 0 Å². The van der Waals surface area contributed by atoms with Gasteiger partial charge in [-0.05, 0) is 23.8 Å². The summed E-state index contributed by atoms with van der Waals surface area (Å²) in [5.41, 5.74) is 1.85. The minimum atomic E-state index is 0.0425. The van der Waals surface area contributed by atoms with Crippen molar-refractivity contribution in [2.75, 3.05) is 13.2 Å². The fourth-order valence-corrected chi connectivity index (χ4v) is 2.49. The number of para-hydroxylation sites is 1. The molecule has 4 heteroatoms. The molecular formula is C17H17NO3. The molecule has 4 nitrogen and oxygen atoms in total. The number of carbonyl (C=O) groups excluding carboxylic acids is 1. The Kier molecular flexibility index (Phi) is 3.77. The Hall–Kier alpha value is -2.49. The van der Waals surface area contributed by atoms with Gasteiger partial charge in [0.2, 0.25) is 5.91 Å². The lowest BCUT2D eigenvalue weighted by molar-refractivity contribution is -0.131. The van der Waals surface area contributed by atoms with Crippen molar-refractivity contribution in [1.29, 1.82) is 0 Å². The number of nitrogens with zero attached hydrogens (tertiary/aromatic N) is 1. The molecule has 1 aliphatic heterocycles. The molecule has 0 unspecified atom stereocenters. The van der Waals surface area contributed by atoms with Crippen molar-refractivity contribution in [3.05, 3.63) is 59.7 Å². The first-order chi connectivity index (χ1) is 10.2. The zero-order chi connectivity index (χ0) is 14.7. The fourth-order valence-electron chi connectivity index (χ4n) is 2.49. The maximum atomic E-state index is 12.4. The van der Waals surface area contributed by atoms with Crippen LogP contribution in [0.4, 0.5) is 0 Å². The minimum Gasteiger partial charge on any atom is -0.508 e. The second kappa shape index (κ2) is 5.87. The van der Waals surface area contributed by atoms with E-state index in [1.54, 1.807) is 23.1 Å². The molecule has 0 atom stereocenters. The first kappa shape index (κ1) is 13.5. The van der Waals surface area contributed by atoms with Gasteiger partial charge in [0.05, 0.1) is 13.0 Å². The largest absolute Gasteiger partial charge is 0.508 e. The summed E-state index contributed by atoms with van der Waals surface area (Å²) in [6.07, 6.45) is 0.288. The van der Waals surface area contributed by atoms with Crippen molar-refractivity contribution in [3.63, 3.8) is 0 Å². The number of rotatable bonds is 2. The third-order valence-corrected chi connectivity index (χ3v) is 3.57. The van der Waals surface area contributed by atoms with Crippen molar-refractivity contribution in [2.24, 2.45) is 0 Å². The molecule has 0 saturated carbocycles. The van der Waals surface area contributed by atoms with Gasteiger partial charge in [-0.15, -0.1) is 0 Å². The summed E-state index contributed by atoms with van der Waals surface area (Å²) in [7, 11) is 0. The molecule has 1 aliphatic rings. The second-order valence-corrected chi connectivity index (χ2v) is 5.12. The highest BCUT2D eigenvalue weighted by atomic mass is 16.5. The predicted molar refractivity (Wildman–Crippen MR) is 79.2 cm³/mol. The van der Waals surface area contributed by atoms with Gasteiger partial charge in [-0.25, -0.2) is 0 Å². The molecule has 108 valence electrons. The van der Waals surface area contributed by atoms with E-state index in [4.69, 9.17) is 4.74 Å². The smallest absolute Gasteiger partial charge is 0.227 e. The summed E-state index contributed by atoms with van der Waals surface area (Å²) < 4.78 is 5.66. The molecule has 21 heavy (non-hydrogen) atoms. The highest BCUT2D eigenvalue weighted by molar-refractivity contribution is 5.79. The fraction of sp³-hybridized carbons (Fsp3) is 0.235. The van der Waals surface area contributed by atoms with Gasteiger partial charge in [-0.3, -0.25) is 4.79 Å². The van der Waals surface area contributed by atoms with Crippen molar-refractivity contribution < 1.29 is 14.6 Å². The summed E-state index contributed by atoms with van der Waals surface area (Å²) in [5, 5.41) is 9.47. The number of phenolic OH excluding ortho intramolecular Hbond substituents is 1. The van der Waals surface area contributed by atoms with Crippen molar-refractivity contribution >= 4 is 5.91 Å². The van der Waals surface area contributed by atoms with Gasteiger partial charge in [0.1, 0.15) is 18.1 Å². The van der Waals surface area contributed by atoms with Crippen LogP contribution in [0.2, 0.25) is 0 Å². The number of amides is 1. The SMILES string of the molecule is O=C(Cc1cccc(O)c1)N1CCOc2ccccc2C1. The lowest BCUT2D eigenvalue weighted by Crippen LogP contribution is -2.33. The van der Waals surface area contributed by atoms with E-state index in [0.717, 1.165) is 16.9 Å². The van der Waals surface area contributed by atoms with E-state index in [0.29, 0.717) is 19.7 Å². The van der Waals surface area contributed by atoms with E-state index in [1.165, 1.54) is 0 Å². The van der Waals surface area contributed by atoms with E-state index >= 15 is 0 Å². The molecule has 0 aromatic heterocycles. The van der Waals surface area contributed by atoms with Crippen LogP contribution in [0.5, 0.6) is 11.5 Å². The van der Waals surface area contributed by atoms with Crippen molar-refractivity contribution in [1.82, 2.24) is 4.90 Å². The number of carbonyl (C=O) groups is 1. The van der Waals surface area contributed by atoms with E-state index in [1.807, 2.05) is 30.3 Å². The summed E-state index contributed by atoms with van der Waals surface area (Å²) in [5.74, 6) is 1.08. The number of phenols is 1. The standard InChI is InChI=1S/C17H17NO3/c19-15-6-3-4-13(10-15)11-17(20)18-8-9-21-16-7-2-1-5-14(16)12-18/h1-7,10,19H,8-9,11-12H2. The predicted octanol–water partition coefficient (Wildman–Crippen LogP) is 2.36. The number of fused-ring (bicyclic) bond motifs is 1. The molecule has 1 N–H and O–H groups in total. The monoisotopic (exact) mass is 283 g/mol. The van der Waals surface area contributed by atoms with Gasteiger partial charge in [-0.1, -0.05) is 30.3 Å². The van der Waals surface area contributed by atoms with E-state index in [2.05, 4.69) is 0 Å². The summed E-state index contributed by atoms with van der Waals surface area (Å²) in [6.45, 7) is 1.64. The van der Waals surface area contributed by atoms with Crippen LogP contribution < -0.4 is 4.74 Å². The van der Waals surface area contributed by atoms with E-state index in [9.17, 15) is 9.90 Å². The Labute approximate surface area is 123 Å². The number of ether oxygens (including phenoxy) is 1. The van der Waals surface area contributed by atoms with Crippen LogP contribution in [0.25, 0.3) is 0 Å². The number of aromatic hydroxyl groups is 1. The molecule has 0 spiro atoms. The molecule has 1 heterocycles. The van der Waals surface area contributed by atoms with Crippen LogP contribution in [-0.2, 0) is 17.8 Å². The number of benzene rings is 2. The van der Waals surface area contributed by atoms with Crippen molar-refractivity contribution in [3.8, 4) is 11.5 Å². The summed E-state index contributed by atoms with van der Waals surface area (Å²) in [6, 6.07) is 14.6. The average molecular weight is 283 g/mol. The zero-order valence-corrected chi connectivity index (χ0v) is 11.7. The molecule has 0 radical (unpaired) electrons. The van der Waals surface area contributed by atoms with Crippen LogP contribution >= 0.6 is 0 Å². The van der Waals surface area contributed by atoms with Gasteiger partial charge in [0, 0.05) is 12.1 Å². The van der Waals surface area contributed by atoms with Crippen molar-refractivity contribution in [2.45, 2.75) is 13.0 Å². The molecule has 0 aliphatic carbocycles. The molecule has 0 bridgehead atoms. The molecule has 1 amide bonds. The quantitative estimate of drug-likeness (QED) is 0.920. The first-order valence-electron chi connectivity index (χ1n) is 6.99. The number of hydrogen-bond donors (Lipinski definition) is 1. The Morgan fingerprint density at radius 1 is 1.19 bits per heavy atom. The summed E-state index contributed by atoms with van der Waals surface area (Å²) in [4.78, 5) is 14.2. The normalized spacial score (nSPS) is 14.0. The molecule has 0 fully saturated rings. The van der Waals surface area contributed by atoms with Gasteiger partial charge in [0.25, 0.3) is 0 Å². The Bertz CT molecular complexity index is 654. The third kappa shape index (κ3) is 3.16. The van der Waals surface area contributed by atoms with Crippen LogP contribution in [0.15, 0.2) is 48.5 Å². The van der Waals surface area contributed by atoms with E-state index < -0.39 is 0 Å². The Morgan fingerprint density at radius 2 is 2.05 bits per heavy atom. The second-order valence-electron chi connectivity index (χ2n) is 5.12. The number of hydrogen-bond acceptors (Lipinski definition) is 3. The van der Waals surface area contributed by atoms with Gasteiger partial charge in [-0.2, -0.15) is 0 Å². The summed E-state index contributed by atoms with van der Waals surface area (Å²) >= 11 is 0. The molecule has 0 saturated heterocycles. The Balaban J connectivity index is 1.73. The molecule has 3 rings (SSSR count). The van der Waals surface area contributed by atoms with Crippen LogP contribution in [-0.4, -0.2) is 29.1 Å². The zero-order valence-electron chi connectivity index (χ0n) is 11.7. The lowest BCUT2D eigenvalue weighted by Gasteiger charge is -2.20. The maximum Gasteiger partial charge on any atom is 0.227 e. The van der Waals surface area contributed by atoms with E-state index in [-0.39, 0.29) is 18.1 Å². The van der Waals surface area contributed by atoms with Crippen LogP contribution in [0.1, 0.15) is 11.1 Å². The highest BCUT2D eigenvalue weighted by Gasteiger charge is 2.19. The van der Waals surface area contributed by atoms with Gasteiger partial charge < -0.3 is 14.7 Å². The van der Waals surface area contributed by atoms with Crippen LogP contribution in [0.3, 0.4) is 0 Å². The molecule has 2 aromatic rings. The molecule has 2 aromatic carbocycles. The average Bonchev–Trinajstić information content (AvgIpc) is 2.69. The third-order valence-electron chi connectivity index (χ3n) is 3.57. The highest BCUT2D eigenvalue weighted by Crippen LogP contribution is 2.23. The topological polar surface area (TPSA) is 49.8 Å². The van der Waals surface area contributed by atoms with Gasteiger partial charge in [0.15, 0.2) is 0 Å². The first-order valence-corrected chi connectivity index (χ1v) is 6.99. The van der Waals surface area contributed by atoms with Crippen LogP contribution in [0, 0.1) is 0 Å². The minimum absolute atomic E-state index is 0.0425. The maximum absolute atomic E-state index is 12.4. The lowest BCUT2D eigenvalue weighted by atomic mass is 10.1. The molecular weight excluding hydrogens is 266 g/mol.